The van der Waals surface area contributed by atoms with Crippen LogP contribution in [0.1, 0.15) is 19.3 Å². The number of nitrogens with one attached hydrogen (secondary N) is 1. The van der Waals surface area contributed by atoms with Crippen molar-refractivity contribution in [2.45, 2.75) is 25.3 Å². The maximum Gasteiger partial charge on any atom is 0.225 e. The van der Waals surface area contributed by atoms with Gasteiger partial charge in [-0.15, -0.1) is 0 Å². The van der Waals surface area contributed by atoms with Crippen molar-refractivity contribution >= 4 is 5.91 Å². The maximum absolute atomic E-state index is 12.1. The highest BCUT2D eigenvalue weighted by atomic mass is 16.5. The number of rotatable bonds is 6. The molecule has 0 radical (unpaired) electrons. The summed E-state index contributed by atoms with van der Waals surface area (Å²) in [6.07, 6.45) is 2.49. The van der Waals surface area contributed by atoms with Crippen LogP contribution in [0.15, 0.2) is 24.3 Å². The van der Waals surface area contributed by atoms with E-state index in [1.165, 1.54) is 0 Å². The lowest BCUT2D eigenvalue weighted by Crippen LogP contribution is -2.44. The molecule has 1 aliphatic rings. The number of hydrogen-bond donors (Lipinski definition) is 1. The second-order valence-electron chi connectivity index (χ2n) is 5.22. The molecular formula is C16H24N2O3. The van der Waals surface area contributed by atoms with Crippen LogP contribution in [0.3, 0.4) is 0 Å². The van der Waals surface area contributed by atoms with Gasteiger partial charge in [-0.25, -0.2) is 0 Å². The molecule has 0 spiro atoms. The molecule has 1 fully saturated rings. The predicted octanol–water partition coefficient (Wildman–Crippen LogP) is 1.67. The van der Waals surface area contributed by atoms with E-state index in [-0.39, 0.29) is 5.91 Å². The molecule has 1 N–H and O–H groups in total. The molecule has 0 aliphatic carbocycles. The Labute approximate surface area is 126 Å². The van der Waals surface area contributed by atoms with Gasteiger partial charge in [0.15, 0.2) is 0 Å². The predicted molar refractivity (Wildman–Crippen MR) is 81.8 cm³/mol. The number of nitrogens with zero attached hydrogens (tertiary/aromatic N) is 1. The average Bonchev–Trinajstić information content (AvgIpc) is 2.55. The zero-order valence-electron chi connectivity index (χ0n) is 12.8. The molecule has 2 rings (SSSR count). The van der Waals surface area contributed by atoms with E-state index in [0.717, 1.165) is 37.4 Å². The van der Waals surface area contributed by atoms with Gasteiger partial charge in [-0.1, -0.05) is 0 Å². The van der Waals surface area contributed by atoms with Crippen molar-refractivity contribution in [3.8, 4) is 11.5 Å². The lowest BCUT2D eigenvalue weighted by Gasteiger charge is -2.31. The third-order valence-electron chi connectivity index (χ3n) is 3.90. The summed E-state index contributed by atoms with van der Waals surface area (Å²) in [5, 5.41) is 3.26. The van der Waals surface area contributed by atoms with E-state index in [4.69, 9.17) is 9.47 Å². The lowest BCUT2D eigenvalue weighted by molar-refractivity contribution is -0.132. The average molecular weight is 292 g/mol. The van der Waals surface area contributed by atoms with E-state index in [2.05, 4.69) is 5.32 Å². The Balaban J connectivity index is 1.69. The summed E-state index contributed by atoms with van der Waals surface area (Å²) in [6.45, 7) is 2.09. The second kappa shape index (κ2) is 7.88. The Hall–Kier alpha value is -1.75. The largest absolute Gasteiger partial charge is 0.497 e. The van der Waals surface area contributed by atoms with Crippen LogP contribution in [-0.4, -0.2) is 50.7 Å². The van der Waals surface area contributed by atoms with Crippen LogP contribution >= 0.6 is 0 Å². The molecular weight excluding hydrogens is 268 g/mol. The normalized spacial score (nSPS) is 15.8. The van der Waals surface area contributed by atoms with E-state index in [1.54, 1.807) is 7.11 Å². The van der Waals surface area contributed by atoms with Crippen LogP contribution in [0, 0.1) is 0 Å². The molecule has 1 saturated heterocycles. The lowest BCUT2D eigenvalue weighted by atomic mass is 10.1. The fraction of sp³-hybridized carbons (Fsp3) is 0.562. The molecule has 21 heavy (non-hydrogen) atoms. The summed E-state index contributed by atoms with van der Waals surface area (Å²) >= 11 is 0. The molecule has 1 aromatic carbocycles. The zero-order valence-corrected chi connectivity index (χ0v) is 12.8. The fourth-order valence-corrected chi connectivity index (χ4v) is 2.50. The zero-order chi connectivity index (χ0) is 15.1. The Morgan fingerprint density at radius 2 is 1.86 bits per heavy atom. The van der Waals surface area contributed by atoms with Gasteiger partial charge in [-0.05, 0) is 44.2 Å². The Morgan fingerprint density at radius 1 is 1.24 bits per heavy atom. The van der Waals surface area contributed by atoms with Gasteiger partial charge in [0, 0.05) is 19.1 Å². The topological polar surface area (TPSA) is 50.8 Å². The monoisotopic (exact) mass is 292 g/mol. The van der Waals surface area contributed by atoms with Crippen LogP contribution in [0.25, 0.3) is 0 Å². The molecule has 1 aromatic rings. The highest BCUT2D eigenvalue weighted by Gasteiger charge is 2.21. The Kier molecular flexibility index (Phi) is 5.87. The smallest absolute Gasteiger partial charge is 0.225 e. The maximum atomic E-state index is 12.1. The minimum Gasteiger partial charge on any atom is -0.497 e. The van der Waals surface area contributed by atoms with E-state index in [0.29, 0.717) is 19.1 Å². The van der Waals surface area contributed by atoms with Gasteiger partial charge in [0.25, 0.3) is 0 Å². The van der Waals surface area contributed by atoms with Crippen molar-refractivity contribution in [3.63, 3.8) is 0 Å². The number of carbonyl (C=O) groups excluding carboxylic acids is 1. The van der Waals surface area contributed by atoms with Crippen molar-refractivity contribution in [1.82, 2.24) is 10.2 Å². The van der Waals surface area contributed by atoms with Gasteiger partial charge in [-0.2, -0.15) is 0 Å². The summed E-state index contributed by atoms with van der Waals surface area (Å²) in [5.41, 5.74) is 0. The molecule has 5 nitrogen and oxygen atoms in total. The minimum absolute atomic E-state index is 0.179. The number of amides is 1. The number of carbonyl (C=O) groups is 1. The third kappa shape index (κ3) is 4.63. The summed E-state index contributed by atoms with van der Waals surface area (Å²) in [7, 11) is 3.61. The molecule has 1 heterocycles. The van der Waals surface area contributed by atoms with Gasteiger partial charge in [-0.3, -0.25) is 4.79 Å². The van der Waals surface area contributed by atoms with Crippen molar-refractivity contribution in [3.05, 3.63) is 24.3 Å². The highest BCUT2D eigenvalue weighted by molar-refractivity contribution is 5.76. The number of likely N-dealkylation sites (tertiary alicyclic amines) is 1. The van der Waals surface area contributed by atoms with Crippen LogP contribution in [-0.2, 0) is 4.79 Å². The van der Waals surface area contributed by atoms with Crippen LogP contribution in [0.5, 0.6) is 11.5 Å². The molecule has 0 bridgehead atoms. The number of hydrogen-bond acceptors (Lipinski definition) is 4. The molecule has 1 amide bonds. The molecule has 1 aliphatic heterocycles. The quantitative estimate of drug-likeness (QED) is 0.866. The summed E-state index contributed by atoms with van der Waals surface area (Å²) in [5.74, 6) is 1.74. The first-order chi connectivity index (χ1) is 10.2. The van der Waals surface area contributed by atoms with Crippen molar-refractivity contribution in [2.24, 2.45) is 0 Å². The molecule has 5 heteroatoms. The Morgan fingerprint density at radius 3 is 2.43 bits per heavy atom. The number of benzene rings is 1. The summed E-state index contributed by atoms with van der Waals surface area (Å²) in [6, 6.07) is 7.94. The SMILES string of the molecule is CNC1CCN(C(=O)CCOc2ccc(OC)cc2)CC1. The summed E-state index contributed by atoms with van der Waals surface area (Å²) in [4.78, 5) is 14.0. The van der Waals surface area contributed by atoms with E-state index in [1.807, 2.05) is 36.2 Å². The van der Waals surface area contributed by atoms with Crippen LogP contribution in [0.2, 0.25) is 0 Å². The molecule has 0 unspecified atom stereocenters. The molecule has 116 valence electrons. The van der Waals surface area contributed by atoms with Gasteiger partial charge < -0.3 is 19.7 Å². The number of piperidine rings is 1. The molecule has 0 saturated carbocycles. The molecule has 0 aromatic heterocycles. The van der Waals surface area contributed by atoms with Gasteiger partial charge in [0.05, 0.1) is 20.1 Å². The van der Waals surface area contributed by atoms with E-state index < -0.39 is 0 Å². The van der Waals surface area contributed by atoms with Crippen LogP contribution < -0.4 is 14.8 Å². The van der Waals surface area contributed by atoms with Crippen molar-refractivity contribution in [2.75, 3.05) is 33.9 Å². The van der Waals surface area contributed by atoms with Crippen molar-refractivity contribution < 1.29 is 14.3 Å². The standard InChI is InChI=1S/C16H24N2O3/c1-17-13-7-10-18(11-8-13)16(19)9-12-21-15-5-3-14(20-2)4-6-15/h3-6,13,17H,7-12H2,1-2H3. The van der Waals surface area contributed by atoms with E-state index >= 15 is 0 Å². The van der Waals surface area contributed by atoms with Gasteiger partial charge >= 0.3 is 0 Å². The van der Waals surface area contributed by atoms with Crippen LogP contribution in [0.4, 0.5) is 0 Å². The first kappa shape index (κ1) is 15.6. The number of ether oxygens (including phenoxy) is 2. The fourth-order valence-electron chi connectivity index (χ4n) is 2.50. The van der Waals surface area contributed by atoms with Gasteiger partial charge in [0.2, 0.25) is 5.91 Å². The third-order valence-corrected chi connectivity index (χ3v) is 3.90. The molecule has 0 atom stereocenters. The minimum atomic E-state index is 0.179. The summed E-state index contributed by atoms with van der Waals surface area (Å²) < 4.78 is 10.7. The highest BCUT2D eigenvalue weighted by Crippen LogP contribution is 2.17. The first-order valence-electron chi connectivity index (χ1n) is 7.45. The second-order valence-corrected chi connectivity index (χ2v) is 5.22. The van der Waals surface area contributed by atoms with Crippen molar-refractivity contribution in [1.29, 1.82) is 0 Å². The van der Waals surface area contributed by atoms with E-state index in [9.17, 15) is 4.79 Å². The van der Waals surface area contributed by atoms with Gasteiger partial charge in [0.1, 0.15) is 11.5 Å². The Bertz CT molecular complexity index is 439. The number of methoxy groups -OCH3 is 1. The first-order valence-corrected chi connectivity index (χ1v) is 7.45.